The van der Waals surface area contributed by atoms with E-state index in [0.717, 1.165) is 25.1 Å². The molecule has 0 unspecified atom stereocenters. The molecule has 3 aromatic rings. The number of nitrogens with zero attached hydrogens (tertiary/aromatic N) is 5. The van der Waals surface area contributed by atoms with Gasteiger partial charge >= 0.3 is 0 Å². The van der Waals surface area contributed by atoms with E-state index in [-0.39, 0.29) is 11.4 Å². The fraction of sp³-hybridized carbons (Fsp3) is 0.250. The molecule has 0 radical (unpaired) electrons. The first-order chi connectivity index (χ1) is 14.4. The summed E-state index contributed by atoms with van der Waals surface area (Å²) in [5.41, 5.74) is 0.931. The molecule has 30 heavy (non-hydrogen) atoms. The van der Waals surface area contributed by atoms with Crippen molar-refractivity contribution in [2.45, 2.75) is 6.42 Å². The highest BCUT2D eigenvalue weighted by atomic mass is 19.1. The van der Waals surface area contributed by atoms with Crippen molar-refractivity contribution in [1.29, 1.82) is 0 Å². The van der Waals surface area contributed by atoms with Crippen LogP contribution < -0.4 is 10.6 Å². The average molecular weight is 411 g/mol. The lowest BCUT2D eigenvalue weighted by molar-refractivity contribution is -0.384. The largest absolute Gasteiger partial charge is 0.354 e. The minimum Gasteiger partial charge on any atom is -0.354 e. The van der Waals surface area contributed by atoms with Gasteiger partial charge in [-0.15, -0.1) is 0 Å². The van der Waals surface area contributed by atoms with Crippen LogP contribution in [0.25, 0.3) is 11.4 Å². The first-order valence-corrected chi connectivity index (χ1v) is 9.32. The van der Waals surface area contributed by atoms with Crippen molar-refractivity contribution in [3.63, 3.8) is 0 Å². The molecule has 3 rings (SSSR count). The molecule has 0 spiro atoms. The summed E-state index contributed by atoms with van der Waals surface area (Å²) in [6.45, 7) is 1.56. The highest BCUT2D eigenvalue weighted by molar-refractivity contribution is 5.70. The Balaban J connectivity index is 1.91. The van der Waals surface area contributed by atoms with Gasteiger partial charge in [0.05, 0.1) is 22.4 Å². The first kappa shape index (κ1) is 21.1. The number of hydrogen-bond donors (Lipinski definition) is 2. The highest BCUT2D eigenvalue weighted by Crippen LogP contribution is 2.29. The molecule has 0 bridgehead atoms. The molecule has 0 aliphatic heterocycles. The second-order valence-corrected chi connectivity index (χ2v) is 6.80. The second-order valence-electron chi connectivity index (χ2n) is 6.80. The van der Waals surface area contributed by atoms with Crippen LogP contribution in [0.4, 0.5) is 27.5 Å². The maximum atomic E-state index is 13.4. The lowest BCUT2D eigenvalue weighted by Gasteiger charge is -2.13. The third-order valence-corrected chi connectivity index (χ3v) is 4.14. The number of rotatable bonds is 9. The fourth-order valence-corrected chi connectivity index (χ4v) is 2.73. The van der Waals surface area contributed by atoms with Crippen molar-refractivity contribution in [3.05, 3.63) is 64.6 Å². The lowest BCUT2D eigenvalue weighted by Crippen LogP contribution is -2.17. The zero-order chi connectivity index (χ0) is 21.5. The van der Waals surface area contributed by atoms with Crippen molar-refractivity contribution < 1.29 is 9.31 Å². The SMILES string of the molecule is CN(C)CCCNc1nc(Nc2ccc(F)cc2[N+](=O)[O-])cc(-c2ccccn2)n1. The summed E-state index contributed by atoms with van der Waals surface area (Å²) in [5, 5.41) is 17.4. The molecular formula is C20H22FN7O2. The third kappa shape index (κ3) is 5.67. The molecule has 2 aromatic heterocycles. The Kier molecular flexibility index (Phi) is 6.81. The minimum atomic E-state index is -0.688. The normalized spacial score (nSPS) is 10.8. The Labute approximate surface area is 173 Å². The topological polar surface area (TPSA) is 109 Å². The molecule has 10 heteroatoms. The van der Waals surface area contributed by atoms with Gasteiger partial charge in [0.15, 0.2) is 0 Å². The number of pyridine rings is 1. The molecule has 2 heterocycles. The van der Waals surface area contributed by atoms with E-state index in [0.29, 0.717) is 29.7 Å². The number of aromatic nitrogens is 3. The Hall–Kier alpha value is -3.66. The predicted molar refractivity (Wildman–Crippen MR) is 113 cm³/mol. The Morgan fingerprint density at radius 3 is 2.67 bits per heavy atom. The Morgan fingerprint density at radius 2 is 1.97 bits per heavy atom. The molecule has 156 valence electrons. The number of nitro groups is 1. The summed E-state index contributed by atoms with van der Waals surface area (Å²) in [4.78, 5) is 25.9. The van der Waals surface area contributed by atoms with Crippen molar-refractivity contribution >= 4 is 23.1 Å². The fourth-order valence-electron chi connectivity index (χ4n) is 2.73. The van der Waals surface area contributed by atoms with Crippen LogP contribution in [-0.4, -0.2) is 52.0 Å². The molecule has 0 amide bonds. The summed E-state index contributed by atoms with van der Waals surface area (Å²) in [5.74, 6) is 0.00649. The standard InChI is InChI=1S/C20H22FN7O2/c1-27(2)11-5-10-23-20-25-17(15-6-3-4-9-22-15)13-19(26-20)24-16-8-7-14(21)12-18(16)28(29)30/h3-4,6-9,12-13H,5,10-11H2,1-2H3,(H2,23,24,25,26). The molecule has 0 saturated carbocycles. The zero-order valence-electron chi connectivity index (χ0n) is 16.7. The van der Waals surface area contributed by atoms with E-state index in [1.165, 1.54) is 6.07 Å². The van der Waals surface area contributed by atoms with Gasteiger partial charge in [-0.3, -0.25) is 15.1 Å². The number of halogens is 1. The highest BCUT2D eigenvalue weighted by Gasteiger charge is 2.16. The van der Waals surface area contributed by atoms with E-state index in [4.69, 9.17) is 0 Å². The van der Waals surface area contributed by atoms with E-state index in [2.05, 4.69) is 30.5 Å². The Bertz CT molecular complexity index is 1020. The van der Waals surface area contributed by atoms with Crippen LogP contribution in [0.2, 0.25) is 0 Å². The van der Waals surface area contributed by atoms with Crippen molar-refractivity contribution in [3.8, 4) is 11.4 Å². The smallest absolute Gasteiger partial charge is 0.295 e. The van der Waals surface area contributed by atoms with E-state index >= 15 is 0 Å². The van der Waals surface area contributed by atoms with Crippen LogP contribution >= 0.6 is 0 Å². The van der Waals surface area contributed by atoms with Crippen LogP contribution in [0.1, 0.15) is 6.42 Å². The molecule has 0 saturated heterocycles. The van der Waals surface area contributed by atoms with Gasteiger partial charge in [-0.1, -0.05) is 6.07 Å². The van der Waals surface area contributed by atoms with Gasteiger partial charge in [0.1, 0.15) is 17.3 Å². The number of hydrogen-bond acceptors (Lipinski definition) is 8. The summed E-state index contributed by atoms with van der Waals surface area (Å²) < 4.78 is 13.4. The minimum absolute atomic E-state index is 0.130. The lowest BCUT2D eigenvalue weighted by atomic mass is 10.2. The summed E-state index contributed by atoms with van der Waals surface area (Å²) >= 11 is 0. The summed E-state index contributed by atoms with van der Waals surface area (Å²) in [7, 11) is 3.99. The van der Waals surface area contributed by atoms with E-state index < -0.39 is 10.7 Å². The molecule has 0 aliphatic carbocycles. The summed E-state index contributed by atoms with van der Waals surface area (Å²) in [6, 6.07) is 10.4. The molecular weight excluding hydrogens is 389 g/mol. The quantitative estimate of drug-likeness (QED) is 0.312. The molecule has 0 atom stereocenters. The zero-order valence-corrected chi connectivity index (χ0v) is 16.7. The van der Waals surface area contributed by atoms with Gasteiger partial charge in [-0.05, 0) is 51.3 Å². The molecule has 0 aliphatic rings. The van der Waals surface area contributed by atoms with Crippen LogP contribution in [0.15, 0.2) is 48.7 Å². The average Bonchev–Trinajstić information content (AvgIpc) is 2.73. The maximum Gasteiger partial charge on any atom is 0.295 e. The van der Waals surface area contributed by atoms with E-state index in [1.807, 2.05) is 26.2 Å². The van der Waals surface area contributed by atoms with Crippen LogP contribution in [0.3, 0.4) is 0 Å². The molecule has 1 aromatic carbocycles. The van der Waals surface area contributed by atoms with E-state index in [9.17, 15) is 14.5 Å². The van der Waals surface area contributed by atoms with Gasteiger partial charge in [0, 0.05) is 18.8 Å². The van der Waals surface area contributed by atoms with Gasteiger partial charge in [0.25, 0.3) is 5.69 Å². The number of nitro benzene ring substituents is 1. The van der Waals surface area contributed by atoms with Crippen LogP contribution in [-0.2, 0) is 0 Å². The van der Waals surface area contributed by atoms with Crippen LogP contribution in [0, 0.1) is 15.9 Å². The number of benzene rings is 1. The van der Waals surface area contributed by atoms with Crippen LogP contribution in [0.5, 0.6) is 0 Å². The van der Waals surface area contributed by atoms with Crippen molar-refractivity contribution in [2.24, 2.45) is 0 Å². The number of nitrogens with one attached hydrogen (secondary N) is 2. The number of anilines is 3. The second kappa shape index (κ2) is 9.70. The predicted octanol–water partition coefficient (Wildman–Crippen LogP) is 3.69. The molecule has 9 nitrogen and oxygen atoms in total. The summed E-state index contributed by atoms with van der Waals surface area (Å²) in [6.07, 6.45) is 2.54. The van der Waals surface area contributed by atoms with Gasteiger partial charge < -0.3 is 15.5 Å². The van der Waals surface area contributed by atoms with Gasteiger partial charge in [-0.2, -0.15) is 4.98 Å². The van der Waals surface area contributed by atoms with Gasteiger partial charge in [-0.25, -0.2) is 9.37 Å². The third-order valence-electron chi connectivity index (χ3n) is 4.14. The Morgan fingerprint density at radius 1 is 1.13 bits per heavy atom. The maximum absolute atomic E-state index is 13.4. The molecule has 2 N–H and O–H groups in total. The van der Waals surface area contributed by atoms with Crippen molar-refractivity contribution in [2.75, 3.05) is 37.8 Å². The van der Waals surface area contributed by atoms with Gasteiger partial charge in [0.2, 0.25) is 5.95 Å². The van der Waals surface area contributed by atoms with Crippen molar-refractivity contribution in [1.82, 2.24) is 19.9 Å². The monoisotopic (exact) mass is 411 g/mol. The van der Waals surface area contributed by atoms with E-state index in [1.54, 1.807) is 18.3 Å². The first-order valence-electron chi connectivity index (χ1n) is 9.32. The molecule has 0 fully saturated rings.